The van der Waals surface area contributed by atoms with Gasteiger partial charge >= 0.3 is 6.18 Å². The van der Waals surface area contributed by atoms with Gasteiger partial charge in [-0.15, -0.1) is 0 Å². The topological polar surface area (TPSA) is 58.6 Å². The number of hydrogen-bond acceptors (Lipinski definition) is 3. The van der Waals surface area contributed by atoms with Gasteiger partial charge in [0, 0.05) is 19.2 Å². The molecule has 0 aliphatic carbocycles. The molecule has 0 radical (unpaired) electrons. The molecule has 2 aromatic carbocycles. The quantitative estimate of drug-likeness (QED) is 0.760. The summed E-state index contributed by atoms with van der Waals surface area (Å²) in [5.74, 6) is -0.435. The summed E-state index contributed by atoms with van der Waals surface area (Å²) in [6, 6.07) is 13.4. The number of rotatable bonds is 7. The largest absolute Gasteiger partial charge is 0.481 e. The summed E-state index contributed by atoms with van der Waals surface area (Å²) in [5, 5.41) is 1.81. The van der Waals surface area contributed by atoms with Crippen LogP contribution in [0.3, 0.4) is 0 Å². The monoisotopic (exact) mass is 408 g/mol. The fourth-order valence-corrected chi connectivity index (χ4v) is 2.58. The van der Waals surface area contributed by atoms with Crippen LogP contribution in [0.25, 0.3) is 0 Å². The standard InChI is InChI=1S/C21H23F3N2O3/c1-14-4-10-18(11-5-14)29-15(2)20(28)26(3)12-16-6-8-17(9-7-16)19(27)25-13-21(22,23)24/h4-11,15H,12-13H2,1-3H3,(H,25,27)/t15-/m1/s1. The summed E-state index contributed by atoms with van der Waals surface area (Å²) >= 11 is 0. The number of ether oxygens (including phenoxy) is 1. The van der Waals surface area contributed by atoms with Gasteiger partial charge in [0.1, 0.15) is 12.3 Å². The van der Waals surface area contributed by atoms with E-state index in [1.807, 2.05) is 24.4 Å². The Morgan fingerprint density at radius 1 is 1.07 bits per heavy atom. The van der Waals surface area contributed by atoms with Crippen LogP contribution in [-0.2, 0) is 11.3 Å². The van der Waals surface area contributed by atoms with Crippen molar-refractivity contribution in [3.8, 4) is 5.75 Å². The summed E-state index contributed by atoms with van der Waals surface area (Å²) in [5.41, 5.74) is 1.93. The van der Waals surface area contributed by atoms with Gasteiger partial charge in [-0.1, -0.05) is 29.8 Å². The molecule has 0 saturated carbocycles. The van der Waals surface area contributed by atoms with Crippen LogP contribution in [0.5, 0.6) is 5.75 Å². The number of aryl methyl sites for hydroxylation is 1. The molecule has 0 saturated heterocycles. The van der Waals surface area contributed by atoms with Crippen LogP contribution >= 0.6 is 0 Å². The van der Waals surface area contributed by atoms with Gasteiger partial charge in [-0.05, 0) is 43.7 Å². The maximum Gasteiger partial charge on any atom is 0.405 e. The van der Waals surface area contributed by atoms with E-state index in [4.69, 9.17) is 4.74 Å². The zero-order chi connectivity index (χ0) is 21.6. The number of nitrogens with one attached hydrogen (secondary N) is 1. The lowest BCUT2D eigenvalue weighted by Crippen LogP contribution is -2.37. The third kappa shape index (κ3) is 7.14. The average molecular weight is 408 g/mol. The summed E-state index contributed by atoms with van der Waals surface area (Å²) in [7, 11) is 1.63. The van der Waals surface area contributed by atoms with Gasteiger partial charge in [0.15, 0.2) is 6.10 Å². The molecule has 0 fully saturated rings. The van der Waals surface area contributed by atoms with Crippen LogP contribution in [0, 0.1) is 6.92 Å². The molecule has 1 N–H and O–H groups in total. The Labute approximate surface area is 167 Å². The number of carbonyl (C=O) groups excluding carboxylic acids is 2. The molecular formula is C21H23F3N2O3. The second kappa shape index (κ2) is 9.45. The number of carbonyl (C=O) groups is 2. The normalized spacial score (nSPS) is 12.2. The number of likely N-dealkylation sites (N-methyl/N-ethyl adjacent to an activating group) is 1. The smallest absolute Gasteiger partial charge is 0.405 e. The molecule has 0 bridgehead atoms. The minimum atomic E-state index is -4.46. The first kappa shape index (κ1) is 22.3. The summed E-state index contributed by atoms with van der Waals surface area (Å²) in [6.07, 6.45) is -5.15. The highest BCUT2D eigenvalue weighted by molar-refractivity contribution is 5.94. The Bertz CT molecular complexity index is 834. The van der Waals surface area contributed by atoms with E-state index in [9.17, 15) is 22.8 Å². The van der Waals surface area contributed by atoms with E-state index in [0.29, 0.717) is 5.75 Å². The molecule has 0 unspecified atom stereocenters. The number of alkyl halides is 3. The first-order valence-electron chi connectivity index (χ1n) is 8.97. The van der Waals surface area contributed by atoms with Crippen molar-refractivity contribution in [2.45, 2.75) is 32.7 Å². The third-order valence-corrected chi connectivity index (χ3v) is 4.14. The summed E-state index contributed by atoms with van der Waals surface area (Å²) in [6.45, 7) is 2.50. The number of hydrogen-bond donors (Lipinski definition) is 1. The molecule has 0 aliphatic rings. The van der Waals surface area contributed by atoms with E-state index in [2.05, 4.69) is 0 Å². The molecule has 0 aromatic heterocycles. The second-order valence-corrected chi connectivity index (χ2v) is 6.76. The molecule has 2 amide bonds. The highest BCUT2D eigenvalue weighted by Gasteiger charge is 2.28. The Kier molecular flexibility index (Phi) is 7.25. The molecule has 2 aromatic rings. The molecular weight excluding hydrogens is 385 g/mol. The van der Waals surface area contributed by atoms with E-state index < -0.39 is 24.7 Å². The second-order valence-electron chi connectivity index (χ2n) is 6.76. The SMILES string of the molecule is Cc1ccc(O[C@H](C)C(=O)N(C)Cc2ccc(C(=O)NCC(F)(F)F)cc2)cc1. The minimum absolute atomic E-state index is 0.114. The van der Waals surface area contributed by atoms with Gasteiger partial charge in [-0.25, -0.2) is 0 Å². The predicted octanol–water partition coefficient (Wildman–Crippen LogP) is 3.71. The van der Waals surface area contributed by atoms with E-state index in [1.165, 1.54) is 17.0 Å². The molecule has 0 spiro atoms. The maximum atomic E-state index is 12.5. The molecule has 5 nitrogen and oxygen atoms in total. The van der Waals surface area contributed by atoms with Gasteiger partial charge in [0.05, 0.1) is 0 Å². The van der Waals surface area contributed by atoms with Gasteiger partial charge in [-0.2, -0.15) is 13.2 Å². The van der Waals surface area contributed by atoms with Crippen molar-refractivity contribution in [3.05, 3.63) is 65.2 Å². The van der Waals surface area contributed by atoms with Crippen LogP contribution in [-0.4, -0.2) is 42.6 Å². The van der Waals surface area contributed by atoms with E-state index in [-0.39, 0.29) is 18.0 Å². The van der Waals surface area contributed by atoms with Gasteiger partial charge in [0.25, 0.3) is 11.8 Å². The highest BCUT2D eigenvalue weighted by atomic mass is 19.4. The molecule has 156 valence electrons. The Hall–Kier alpha value is -3.03. The van der Waals surface area contributed by atoms with Gasteiger partial charge < -0.3 is 15.0 Å². The van der Waals surface area contributed by atoms with Crippen molar-refractivity contribution in [2.75, 3.05) is 13.6 Å². The Balaban J connectivity index is 1.90. The van der Waals surface area contributed by atoms with Crippen LogP contribution < -0.4 is 10.1 Å². The maximum absolute atomic E-state index is 12.5. The molecule has 29 heavy (non-hydrogen) atoms. The number of halogens is 3. The number of amides is 2. The van der Waals surface area contributed by atoms with E-state index >= 15 is 0 Å². The van der Waals surface area contributed by atoms with Crippen molar-refractivity contribution in [3.63, 3.8) is 0 Å². The fraction of sp³-hybridized carbons (Fsp3) is 0.333. The Morgan fingerprint density at radius 2 is 1.66 bits per heavy atom. The first-order chi connectivity index (χ1) is 13.5. The summed E-state index contributed by atoms with van der Waals surface area (Å²) in [4.78, 5) is 25.7. The third-order valence-electron chi connectivity index (χ3n) is 4.14. The van der Waals surface area contributed by atoms with E-state index in [1.54, 1.807) is 38.2 Å². The Morgan fingerprint density at radius 3 is 2.21 bits per heavy atom. The predicted molar refractivity (Wildman–Crippen MR) is 103 cm³/mol. The average Bonchev–Trinajstić information content (AvgIpc) is 2.67. The molecule has 2 rings (SSSR count). The van der Waals surface area contributed by atoms with Crippen LogP contribution in [0.15, 0.2) is 48.5 Å². The first-order valence-corrected chi connectivity index (χ1v) is 8.97. The lowest BCUT2D eigenvalue weighted by Gasteiger charge is -2.22. The van der Waals surface area contributed by atoms with Gasteiger partial charge in [0.2, 0.25) is 0 Å². The number of benzene rings is 2. The number of nitrogens with zero attached hydrogens (tertiary/aromatic N) is 1. The zero-order valence-electron chi connectivity index (χ0n) is 16.4. The minimum Gasteiger partial charge on any atom is -0.481 e. The van der Waals surface area contributed by atoms with Crippen molar-refractivity contribution < 1.29 is 27.5 Å². The van der Waals surface area contributed by atoms with Crippen molar-refractivity contribution in [1.29, 1.82) is 0 Å². The van der Waals surface area contributed by atoms with Crippen molar-refractivity contribution >= 4 is 11.8 Å². The molecule has 0 heterocycles. The van der Waals surface area contributed by atoms with Crippen molar-refractivity contribution in [1.82, 2.24) is 10.2 Å². The zero-order valence-corrected chi connectivity index (χ0v) is 16.4. The fourth-order valence-electron chi connectivity index (χ4n) is 2.58. The summed E-state index contributed by atoms with van der Waals surface area (Å²) < 4.78 is 42.2. The van der Waals surface area contributed by atoms with Crippen LogP contribution in [0.2, 0.25) is 0 Å². The lowest BCUT2D eigenvalue weighted by atomic mass is 10.1. The van der Waals surface area contributed by atoms with Crippen LogP contribution in [0.1, 0.15) is 28.4 Å². The van der Waals surface area contributed by atoms with Gasteiger partial charge in [-0.3, -0.25) is 9.59 Å². The molecule has 0 aliphatic heterocycles. The molecule has 1 atom stereocenters. The molecule has 8 heteroatoms. The van der Waals surface area contributed by atoms with Crippen molar-refractivity contribution in [2.24, 2.45) is 0 Å². The lowest BCUT2D eigenvalue weighted by molar-refractivity contribution is -0.137. The van der Waals surface area contributed by atoms with E-state index in [0.717, 1.165) is 11.1 Å². The highest BCUT2D eigenvalue weighted by Crippen LogP contribution is 2.15. The van der Waals surface area contributed by atoms with Crippen LogP contribution in [0.4, 0.5) is 13.2 Å².